The summed E-state index contributed by atoms with van der Waals surface area (Å²) in [6.45, 7) is 3.51. The van der Waals surface area contributed by atoms with E-state index < -0.39 is 15.7 Å². The van der Waals surface area contributed by atoms with Gasteiger partial charge in [0, 0.05) is 6.04 Å². The molecule has 0 unspecified atom stereocenters. The van der Waals surface area contributed by atoms with Crippen LogP contribution in [0, 0.1) is 0 Å². The number of sulfonamides is 1. The molecule has 80 valence electrons. The number of nitrogens with one attached hydrogen (secondary N) is 2. The summed E-state index contributed by atoms with van der Waals surface area (Å²) in [5.41, 5.74) is -0.439. The van der Waals surface area contributed by atoms with Crippen LogP contribution in [0.25, 0.3) is 0 Å². The van der Waals surface area contributed by atoms with Gasteiger partial charge < -0.3 is 0 Å². The molecule has 0 aromatic carbocycles. The Morgan fingerprint density at radius 3 is 2.50 bits per heavy atom. The van der Waals surface area contributed by atoms with E-state index in [1.54, 1.807) is 13.8 Å². The second kappa shape index (κ2) is 3.45. The Balaban J connectivity index is 3.17. The normalized spacial score (nSPS) is 12.0. The van der Waals surface area contributed by atoms with Crippen LogP contribution in [-0.2, 0) is 10.0 Å². The fourth-order valence-corrected chi connectivity index (χ4v) is 1.50. The van der Waals surface area contributed by atoms with Crippen molar-refractivity contribution in [1.29, 1.82) is 0 Å². The molecule has 1 heterocycles. The molecule has 0 saturated carbocycles. The second-order valence-corrected chi connectivity index (χ2v) is 4.94. The van der Waals surface area contributed by atoms with Gasteiger partial charge in [-0.3, -0.25) is 9.29 Å². The van der Waals surface area contributed by atoms with E-state index in [0.29, 0.717) is 0 Å². The van der Waals surface area contributed by atoms with Crippen molar-refractivity contribution >= 4 is 16.0 Å². The fraction of sp³-hybridized carbons (Fsp3) is 0.667. The molecular formula is C6H12N4O3S. The zero-order valence-electron chi connectivity index (χ0n) is 8.10. The summed E-state index contributed by atoms with van der Waals surface area (Å²) in [6, 6.07) is -0.162. The quantitative estimate of drug-likeness (QED) is 0.719. The largest absolute Gasteiger partial charge is 0.345 e. The van der Waals surface area contributed by atoms with Crippen molar-refractivity contribution in [3.05, 3.63) is 10.5 Å². The molecule has 0 bridgehead atoms. The van der Waals surface area contributed by atoms with Gasteiger partial charge in [-0.15, -0.1) is 5.10 Å². The van der Waals surface area contributed by atoms with Crippen molar-refractivity contribution in [3.8, 4) is 0 Å². The number of rotatable bonds is 3. The zero-order chi connectivity index (χ0) is 10.9. The second-order valence-electron chi connectivity index (χ2n) is 3.19. The third-order valence-corrected chi connectivity index (χ3v) is 2.05. The molecular weight excluding hydrogens is 208 g/mol. The molecule has 1 aromatic rings. The maximum absolute atomic E-state index is 11.2. The lowest BCUT2D eigenvalue weighted by Gasteiger charge is -2.08. The van der Waals surface area contributed by atoms with Crippen molar-refractivity contribution in [3.63, 3.8) is 0 Å². The third-order valence-electron chi connectivity index (χ3n) is 1.50. The van der Waals surface area contributed by atoms with Crippen LogP contribution in [0.3, 0.4) is 0 Å². The number of nitrogens with zero attached hydrogens (tertiary/aromatic N) is 2. The van der Waals surface area contributed by atoms with Crippen molar-refractivity contribution in [2.75, 3.05) is 11.0 Å². The molecule has 1 aromatic heterocycles. The van der Waals surface area contributed by atoms with Gasteiger partial charge in [0.05, 0.1) is 6.26 Å². The summed E-state index contributed by atoms with van der Waals surface area (Å²) >= 11 is 0. The monoisotopic (exact) mass is 220 g/mol. The molecule has 0 aliphatic rings. The smallest absolute Gasteiger partial charge is 0.258 e. The minimum absolute atomic E-state index is 0.00694. The summed E-state index contributed by atoms with van der Waals surface area (Å²) in [7, 11) is -3.41. The Hall–Kier alpha value is -1.31. The fourth-order valence-electron chi connectivity index (χ4n) is 1.02. The summed E-state index contributed by atoms with van der Waals surface area (Å²) < 4.78 is 25.2. The zero-order valence-corrected chi connectivity index (χ0v) is 8.92. The van der Waals surface area contributed by atoms with E-state index >= 15 is 0 Å². The van der Waals surface area contributed by atoms with E-state index in [1.165, 1.54) is 4.57 Å². The highest BCUT2D eigenvalue weighted by Crippen LogP contribution is 2.08. The van der Waals surface area contributed by atoms with Gasteiger partial charge in [0.15, 0.2) is 0 Å². The predicted molar refractivity (Wildman–Crippen MR) is 51.7 cm³/mol. The molecule has 0 radical (unpaired) electrons. The number of hydrogen-bond donors (Lipinski definition) is 2. The summed E-state index contributed by atoms with van der Waals surface area (Å²) in [5, 5.41) is 5.73. The highest BCUT2D eigenvalue weighted by Gasteiger charge is 2.13. The lowest BCUT2D eigenvalue weighted by molar-refractivity contribution is 0.583. The summed E-state index contributed by atoms with van der Waals surface area (Å²) in [5.74, 6) is 0.00694. The van der Waals surface area contributed by atoms with Gasteiger partial charge in [0.2, 0.25) is 16.0 Å². The summed E-state index contributed by atoms with van der Waals surface area (Å²) in [6.07, 6.45) is 0.997. The number of H-pyrrole nitrogens is 1. The van der Waals surface area contributed by atoms with Crippen LogP contribution in [0.1, 0.15) is 19.9 Å². The molecule has 0 saturated heterocycles. The van der Waals surface area contributed by atoms with E-state index in [9.17, 15) is 13.2 Å². The molecule has 14 heavy (non-hydrogen) atoms. The predicted octanol–water partition coefficient (Wildman–Crippen LogP) is -0.476. The van der Waals surface area contributed by atoms with Crippen LogP contribution in [0.2, 0.25) is 0 Å². The van der Waals surface area contributed by atoms with E-state index in [2.05, 4.69) is 14.9 Å². The SMILES string of the molecule is CC(C)n1c(NS(C)(=O)=O)n[nH]c1=O. The minimum atomic E-state index is -3.41. The molecule has 0 atom stereocenters. The highest BCUT2D eigenvalue weighted by atomic mass is 32.2. The molecule has 0 aliphatic heterocycles. The van der Waals surface area contributed by atoms with Crippen LogP contribution >= 0.6 is 0 Å². The van der Waals surface area contributed by atoms with E-state index in [1.807, 2.05) is 0 Å². The van der Waals surface area contributed by atoms with Crippen molar-refractivity contribution in [1.82, 2.24) is 14.8 Å². The molecule has 0 spiro atoms. The Morgan fingerprint density at radius 2 is 2.07 bits per heavy atom. The van der Waals surface area contributed by atoms with Crippen LogP contribution in [-0.4, -0.2) is 29.4 Å². The minimum Gasteiger partial charge on any atom is -0.258 e. The van der Waals surface area contributed by atoms with Crippen molar-refractivity contribution in [2.45, 2.75) is 19.9 Å². The van der Waals surface area contributed by atoms with Crippen LogP contribution in [0.4, 0.5) is 5.95 Å². The lowest BCUT2D eigenvalue weighted by atomic mass is 10.4. The van der Waals surface area contributed by atoms with Gasteiger partial charge in [0.25, 0.3) is 0 Å². The van der Waals surface area contributed by atoms with Crippen LogP contribution in [0.15, 0.2) is 4.79 Å². The van der Waals surface area contributed by atoms with Gasteiger partial charge in [-0.2, -0.15) is 0 Å². The van der Waals surface area contributed by atoms with E-state index in [-0.39, 0.29) is 12.0 Å². The van der Waals surface area contributed by atoms with E-state index in [4.69, 9.17) is 0 Å². The van der Waals surface area contributed by atoms with Crippen molar-refractivity contribution in [2.24, 2.45) is 0 Å². The average Bonchev–Trinajstić information content (AvgIpc) is 2.27. The van der Waals surface area contributed by atoms with Gasteiger partial charge in [-0.05, 0) is 13.8 Å². The molecule has 8 heteroatoms. The van der Waals surface area contributed by atoms with Gasteiger partial charge in [0.1, 0.15) is 0 Å². The first-order valence-electron chi connectivity index (χ1n) is 3.96. The first kappa shape index (κ1) is 10.8. The van der Waals surface area contributed by atoms with Crippen LogP contribution < -0.4 is 10.4 Å². The lowest BCUT2D eigenvalue weighted by Crippen LogP contribution is -2.22. The Morgan fingerprint density at radius 1 is 1.50 bits per heavy atom. The van der Waals surface area contributed by atoms with Gasteiger partial charge in [-0.1, -0.05) is 0 Å². The molecule has 0 aliphatic carbocycles. The molecule has 0 fully saturated rings. The molecule has 7 nitrogen and oxygen atoms in total. The Kier molecular flexibility index (Phi) is 2.65. The number of aromatic amines is 1. The van der Waals surface area contributed by atoms with Crippen molar-refractivity contribution < 1.29 is 8.42 Å². The Bertz CT molecular complexity index is 470. The molecule has 2 N–H and O–H groups in total. The van der Waals surface area contributed by atoms with Crippen LogP contribution in [0.5, 0.6) is 0 Å². The maximum Gasteiger partial charge on any atom is 0.345 e. The van der Waals surface area contributed by atoms with E-state index in [0.717, 1.165) is 6.26 Å². The highest BCUT2D eigenvalue weighted by molar-refractivity contribution is 7.91. The first-order valence-corrected chi connectivity index (χ1v) is 5.85. The summed E-state index contributed by atoms with van der Waals surface area (Å²) in [4.78, 5) is 11.2. The van der Waals surface area contributed by atoms with Gasteiger partial charge in [-0.25, -0.2) is 18.3 Å². The van der Waals surface area contributed by atoms with Gasteiger partial charge >= 0.3 is 5.69 Å². The molecule has 1 rings (SSSR count). The first-order chi connectivity index (χ1) is 6.31. The number of hydrogen-bond acceptors (Lipinski definition) is 4. The molecule has 0 amide bonds. The topological polar surface area (TPSA) is 96.8 Å². The number of anilines is 1. The standard InChI is InChI=1S/C6H12N4O3S/c1-4(2)10-5(7-8-6(10)11)9-14(3,12)13/h4H,1-3H3,(H,7,9)(H,8,11). The average molecular weight is 220 g/mol. The maximum atomic E-state index is 11.2. The third kappa shape index (κ3) is 2.34. The number of aromatic nitrogens is 3. The Labute approximate surface area is 81.2 Å².